The molecular weight excluding hydrogens is 198 g/mol. The molecule has 86 valence electrons. The molecule has 2 nitrogen and oxygen atoms in total. The van der Waals surface area contributed by atoms with Crippen molar-refractivity contribution >= 4 is 0 Å². The van der Waals surface area contributed by atoms with Crippen LogP contribution in [0.15, 0.2) is 24.5 Å². The minimum Gasteiger partial charge on any atom is -0.389 e. The second-order valence-corrected chi connectivity index (χ2v) is 5.35. The maximum Gasteiger partial charge on any atom is 0.0714 e. The second-order valence-electron chi connectivity index (χ2n) is 5.35. The smallest absolute Gasteiger partial charge is 0.0714 e. The molecule has 16 heavy (non-hydrogen) atoms. The summed E-state index contributed by atoms with van der Waals surface area (Å²) >= 11 is 0. The summed E-state index contributed by atoms with van der Waals surface area (Å²) in [6.07, 6.45) is 10.7. The zero-order chi connectivity index (χ0) is 11.0. The fraction of sp³-hybridized carbons (Fsp3) is 0.643. The molecule has 1 N–H and O–H groups in total. The summed E-state index contributed by atoms with van der Waals surface area (Å²) in [5.74, 6) is 1.22. The monoisotopic (exact) mass is 217 g/mol. The van der Waals surface area contributed by atoms with Crippen LogP contribution in [0.5, 0.6) is 0 Å². The quantitative estimate of drug-likeness (QED) is 0.844. The van der Waals surface area contributed by atoms with E-state index in [9.17, 15) is 5.11 Å². The lowest BCUT2D eigenvalue weighted by Gasteiger charge is -2.09. The summed E-state index contributed by atoms with van der Waals surface area (Å²) in [5.41, 5.74) is 0.923. The lowest BCUT2D eigenvalue weighted by Crippen LogP contribution is -2.14. The van der Waals surface area contributed by atoms with E-state index in [0.717, 1.165) is 12.8 Å². The minimum absolute atomic E-state index is 0.327. The van der Waals surface area contributed by atoms with Gasteiger partial charge >= 0.3 is 0 Å². The van der Waals surface area contributed by atoms with Crippen LogP contribution >= 0.6 is 0 Å². The molecule has 0 saturated heterocycles. The van der Waals surface area contributed by atoms with Crippen LogP contribution in [0.25, 0.3) is 0 Å². The van der Waals surface area contributed by atoms with E-state index in [2.05, 4.69) is 11.1 Å². The molecule has 3 rings (SSSR count). The molecular formula is C14H19NO. The SMILES string of the molecule is OC1(CCc2cccnc2)C2CCCCC21. The van der Waals surface area contributed by atoms with Gasteiger partial charge in [-0.1, -0.05) is 18.9 Å². The van der Waals surface area contributed by atoms with Crippen LogP contribution in [-0.4, -0.2) is 15.7 Å². The molecule has 2 atom stereocenters. The van der Waals surface area contributed by atoms with Crippen molar-refractivity contribution in [1.29, 1.82) is 0 Å². The van der Waals surface area contributed by atoms with Gasteiger partial charge in [0.25, 0.3) is 0 Å². The maximum atomic E-state index is 10.5. The maximum absolute atomic E-state index is 10.5. The van der Waals surface area contributed by atoms with Gasteiger partial charge in [-0.25, -0.2) is 0 Å². The Morgan fingerprint density at radius 2 is 2.06 bits per heavy atom. The number of aryl methyl sites for hydroxylation is 1. The van der Waals surface area contributed by atoms with Gasteiger partial charge in [0.15, 0.2) is 0 Å². The van der Waals surface area contributed by atoms with Crippen molar-refractivity contribution in [2.75, 3.05) is 0 Å². The molecule has 0 bridgehead atoms. The first-order valence-electron chi connectivity index (χ1n) is 6.42. The highest BCUT2D eigenvalue weighted by Crippen LogP contribution is 2.60. The van der Waals surface area contributed by atoms with Gasteiger partial charge < -0.3 is 5.11 Å². The van der Waals surface area contributed by atoms with Crippen LogP contribution in [0.3, 0.4) is 0 Å². The van der Waals surface area contributed by atoms with E-state index in [-0.39, 0.29) is 5.60 Å². The Morgan fingerprint density at radius 3 is 2.69 bits per heavy atom. The molecule has 0 aliphatic heterocycles. The van der Waals surface area contributed by atoms with E-state index in [1.165, 1.54) is 31.2 Å². The van der Waals surface area contributed by atoms with E-state index in [1.54, 1.807) is 6.20 Å². The van der Waals surface area contributed by atoms with Gasteiger partial charge in [-0.3, -0.25) is 4.98 Å². The van der Waals surface area contributed by atoms with Crippen molar-refractivity contribution in [3.8, 4) is 0 Å². The molecule has 2 aliphatic carbocycles. The summed E-state index contributed by atoms with van der Waals surface area (Å²) in [4.78, 5) is 4.11. The Balaban J connectivity index is 1.60. The highest BCUT2D eigenvalue weighted by atomic mass is 16.3. The van der Waals surface area contributed by atoms with Crippen molar-refractivity contribution in [3.63, 3.8) is 0 Å². The van der Waals surface area contributed by atoms with Crippen molar-refractivity contribution in [2.45, 2.75) is 44.1 Å². The predicted octanol–water partition coefficient (Wildman–Crippen LogP) is 2.57. The molecule has 2 saturated carbocycles. The number of aromatic nitrogens is 1. The first kappa shape index (κ1) is 10.3. The number of aliphatic hydroxyl groups is 1. The van der Waals surface area contributed by atoms with E-state index in [0.29, 0.717) is 11.8 Å². The summed E-state index contributed by atoms with van der Waals surface area (Å²) in [6.45, 7) is 0. The average molecular weight is 217 g/mol. The van der Waals surface area contributed by atoms with Crippen LogP contribution in [0, 0.1) is 11.8 Å². The lowest BCUT2D eigenvalue weighted by atomic mass is 10.0. The standard InChI is InChI=1S/C14H19NO/c16-14(12-5-1-2-6-13(12)14)8-7-11-4-3-9-15-10-11/h3-4,9-10,12-13,16H,1-2,5-8H2. The topological polar surface area (TPSA) is 33.1 Å². The summed E-state index contributed by atoms with van der Waals surface area (Å²) in [6, 6.07) is 4.07. The predicted molar refractivity (Wildman–Crippen MR) is 63.0 cm³/mol. The van der Waals surface area contributed by atoms with E-state index in [4.69, 9.17) is 0 Å². The van der Waals surface area contributed by atoms with Crippen LogP contribution in [0.2, 0.25) is 0 Å². The summed E-state index contributed by atoms with van der Waals surface area (Å²) in [5, 5.41) is 10.5. The highest BCUT2D eigenvalue weighted by molar-refractivity contribution is 5.16. The average Bonchev–Trinajstić information content (AvgIpc) is 2.96. The van der Waals surface area contributed by atoms with Gasteiger partial charge in [-0.15, -0.1) is 0 Å². The van der Waals surface area contributed by atoms with Crippen LogP contribution in [0.1, 0.15) is 37.7 Å². The fourth-order valence-corrected chi connectivity index (χ4v) is 3.48. The normalized spacial score (nSPS) is 36.8. The largest absolute Gasteiger partial charge is 0.389 e. The number of hydrogen-bond donors (Lipinski definition) is 1. The van der Waals surface area contributed by atoms with E-state index >= 15 is 0 Å². The van der Waals surface area contributed by atoms with Crippen LogP contribution in [0.4, 0.5) is 0 Å². The number of fused-ring (bicyclic) bond motifs is 1. The molecule has 2 aliphatic rings. The third-order valence-corrected chi connectivity index (χ3v) is 4.48. The van der Waals surface area contributed by atoms with Gasteiger partial charge in [0.05, 0.1) is 5.60 Å². The first-order chi connectivity index (χ1) is 7.81. The number of rotatable bonds is 3. The zero-order valence-corrected chi connectivity index (χ0v) is 9.60. The Kier molecular flexibility index (Phi) is 2.47. The van der Waals surface area contributed by atoms with Crippen molar-refractivity contribution in [3.05, 3.63) is 30.1 Å². The van der Waals surface area contributed by atoms with Gasteiger partial charge in [0.1, 0.15) is 0 Å². The summed E-state index contributed by atoms with van der Waals surface area (Å²) < 4.78 is 0. The molecule has 2 fully saturated rings. The zero-order valence-electron chi connectivity index (χ0n) is 9.60. The third kappa shape index (κ3) is 1.65. The van der Waals surface area contributed by atoms with Gasteiger partial charge in [-0.05, 0) is 49.1 Å². The Labute approximate surface area is 96.7 Å². The van der Waals surface area contributed by atoms with Crippen molar-refractivity contribution in [2.24, 2.45) is 11.8 Å². The molecule has 0 spiro atoms. The molecule has 2 heteroatoms. The molecule has 1 aromatic heterocycles. The van der Waals surface area contributed by atoms with Crippen LogP contribution < -0.4 is 0 Å². The number of nitrogens with zero attached hydrogens (tertiary/aromatic N) is 1. The molecule has 2 unspecified atom stereocenters. The van der Waals surface area contributed by atoms with Crippen molar-refractivity contribution in [1.82, 2.24) is 4.98 Å². The Bertz CT molecular complexity index is 350. The summed E-state index contributed by atoms with van der Waals surface area (Å²) in [7, 11) is 0. The number of pyridine rings is 1. The molecule has 0 aromatic carbocycles. The number of hydrogen-bond acceptors (Lipinski definition) is 2. The fourth-order valence-electron chi connectivity index (χ4n) is 3.48. The van der Waals surface area contributed by atoms with Gasteiger partial charge in [-0.2, -0.15) is 0 Å². The van der Waals surface area contributed by atoms with E-state index < -0.39 is 0 Å². The minimum atomic E-state index is -0.327. The molecule has 1 heterocycles. The van der Waals surface area contributed by atoms with E-state index in [1.807, 2.05) is 12.3 Å². The third-order valence-electron chi connectivity index (χ3n) is 4.48. The first-order valence-corrected chi connectivity index (χ1v) is 6.42. The molecule has 0 amide bonds. The molecule has 1 aromatic rings. The van der Waals surface area contributed by atoms with Gasteiger partial charge in [0.2, 0.25) is 0 Å². The Morgan fingerprint density at radius 1 is 1.31 bits per heavy atom. The molecule has 0 radical (unpaired) electrons. The van der Waals surface area contributed by atoms with Gasteiger partial charge in [0, 0.05) is 12.4 Å². The second kappa shape index (κ2) is 3.85. The highest BCUT2D eigenvalue weighted by Gasteiger charge is 2.62. The van der Waals surface area contributed by atoms with Crippen molar-refractivity contribution < 1.29 is 5.11 Å². The lowest BCUT2D eigenvalue weighted by molar-refractivity contribution is 0.109. The van der Waals surface area contributed by atoms with Crippen LogP contribution in [-0.2, 0) is 6.42 Å². The Hall–Kier alpha value is -0.890.